The molecule has 1 heterocycles. The zero-order valence-electron chi connectivity index (χ0n) is 12.7. The van der Waals surface area contributed by atoms with Gasteiger partial charge in [-0.15, -0.1) is 0 Å². The lowest BCUT2D eigenvalue weighted by Gasteiger charge is -2.37. The molecular formula is C14H25NO4S. The molecule has 0 radical (unpaired) electrons. The summed E-state index contributed by atoms with van der Waals surface area (Å²) in [6.45, 7) is 6.22. The maximum Gasteiger partial charge on any atom is 0.334 e. The molecule has 0 saturated heterocycles. The number of ether oxygens (including phenoxy) is 1. The zero-order chi connectivity index (χ0) is 15.3. The molecule has 0 aromatic heterocycles. The average molecular weight is 303 g/mol. The Morgan fingerprint density at radius 1 is 1.55 bits per heavy atom. The van der Waals surface area contributed by atoms with Crippen LogP contribution in [0, 0.1) is 0 Å². The summed E-state index contributed by atoms with van der Waals surface area (Å²) in [6.07, 6.45) is 3.96. The van der Waals surface area contributed by atoms with E-state index < -0.39 is 11.0 Å². The molecule has 0 spiro atoms. The highest BCUT2D eigenvalue weighted by Gasteiger charge is 2.34. The number of methoxy groups -OCH3 is 1. The van der Waals surface area contributed by atoms with Crippen LogP contribution >= 0.6 is 0 Å². The van der Waals surface area contributed by atoms with E-state index in [4.69, 9.17) is 9.84 Å². The normalized spacial score (nSPS) is 22.2. The van der Waals surface area contributed by atoms with Crippen molar-refractivity contribution in [2.24, 2.45) is 0 Å². The van der Waals surface area contributed by atoms with Gasteiger partial charge in [0.25, 0.3) is 0 Å². The van der Waals surface area contributed by atoms with Crippen LogP contribution in [0.1, 0.15) is 40.0 Å². The lowest BCUT2D eigenvalue weighted by atomic mass is 10.0. The number of hydrogen-bond donors (Lipinski definition) is 1. The second-order valence-corrected chi connectivity index (χ2v) is 8.11. The number of nitrogens with zero attached hydrogens (tertiary/aromatic N) is 1. The highest BCUT2D eigenvalue weighted by Crippen LogP contribution is 2.27. The van der Waals surface area contributed by atoms with Gasteiger partial charge in [0.1, 0.15) is 11.0 Å². The van der Waals surface area contributed by atoms with Crippen LogP contribution < -0.4 is 0 Å². The van der Waals surface area contributed by atoms with E-state index in [9.17, 15) is 9.00 Å². The van der Waals surface area contributed by atoms with E-state index in [-0.39, 0.29) is 23.4 Å². The molecule has 5 nitrogen and oxygen atoms in total. The Bertz CT molecular complexity index is 400. The molecule has 0 aromatic rings. The van der Waals surface area contributed by atoms with Crippen LogP contribution in [0.2, 0.25) is 0 Å². The summed E-state index contributed by atoms with van der Waals surface area (Å²) >= 11 is 0. The van der Waals surface area contributed by atoms with Crippen molar-refractivity contribution in [2.75, 3.05) is 20.3 Å². The Hall–Kier alpha value is -0.720. The minimum absolute atomic E-state index is 0.0932. The predicted octanol–water partition coefficient (Wildman–Crippen LogP) is 1.39. The van der Waals surface area contributed by atoms with E-state index in [0.717, 1.165) is 6.42 Å². The molecular weight excluding hydrogens is 278 g/mol. The Morgan fingerprint density at radius 3 is 2.70 bits per heavy atom. The topological polar surface area (TPSA) is 66.8 Å². The highest BCUT2D eigenvalue weighted by molar-refractivity contribution is 7.84. The Balaban J connectivity index is 2.91. The first kappa shape index (κ1) is 17.3. The molecule has 0 unspecified atom stereocenters. The second kappa shape index (κ2) is 7.33. The Labute approximate surface area is 123 Å². The number of esters is 1. The van der Waals surface area contributed by atoms with Gasteiger partial charge in [0.2, 0.25) is 0 Å². The lowest BCUT2D eigenvalue weighted by Crippen LogP contribution is -2.47. The van der Waals surface area contributed by atoms with E-state index in [0.29, 0.717) is 25.0 Å². The maximum atomic E-state index is 12.6. The van der Waals surface area contributed by atoms with E-state index in [1.165, 1.54) is 7.11 Å². The minimum atomic E-state index is -1.19. The molecule has 0 bridgehead atoms. The number of aliphatic hydroxyl groups is 1. The average Bonchev–Trinajstić information content (AvgIpc) is 2.42. The second-order valence-electron chi connectivity index (χ2n) is 5.91. The molecule has 0 saturated carbocycles. The first-order valence-corrected chi connectivity index (χ1v) is 7.98. The van der Waals surface area contributed by atoms with Crippen LogP contribution in [-0.4, -0.2) is 50.6 Å². The Kier molecular flexibility index (Phi) is 6.36. The quantitative estimate of drug-likeness (QED) is 0.780. The molecule has 20 heavy (non-hydrogen) atoms. The van der Waals surface area contributed by atoms with Crippen molar-refractivity contribution in [3.05, 3.63) is 11.6 Å². The number of rotatable bonds is 5. The summed E-state index contributed by atoms with van der Waals surface area (Å²) in [7, 11) is 0.160. The van der Waals surface area contributed by atoms with Crippen LogP contribution in [0.5, 0.6) is 0 Å². The van der Waals surface area contributed by atoms with Crippen molar-refractivity contribution in [1.29, 1.82) is 0 Å². The third-order valence-electron chi connectivity index (χ3n) is 3.25. The lowest BCUT2D eigenvalue weighted by molar-refractivity contribution is -0.136. The van der Waals surface area contributed by atoms with Crippen molar-refractivity contribution < 1.29 is 18.8 Å². The van der Waals surface area contributed by atoms with Gasteiger partial charge >= 0.3 is 5.97 Å². The summed E-state index contributed by atoms with van der Waals surface area (Å²) in [6, 6.07) is 0.0932. The SMILES string of the molecule is COC(=O)C1=CC[C@@H](CCCO)N([S@](=O)C(C)(C)C)C1. The van der Waals surface area contributed by atoms with Gasteiger partial charge < -0.3 is 9.84 Å². The van der Waals surface area contributed by atoms with Crippen molar-refractivity contribution in [3.63, 3.8) is 0 Å². The summed E-state index contributed by atoms with van der Waals surface area (Å²) < 4.78 is 18.9. The van der Waals surface area contributed by atoms with Crippen LogP contribution in [0.15, 0.2) is 11.6 Å². The van der Waals surface area contributed by atoms with E-state index in [1.54, 1.807) is 0 Å². The fourth-order valence-corrected chi connectivity index (χ4v) is 3.59. The third-order valence-corrected chi connectivity index (χ3v) is 5.15. The predicted molar refractivity (Wildman–Crippen MR) is 79.4 cm³/mol. The summed E-state index contributed by atoms with van der Waals surface area (Å²) in [5, 5.41) is 8.98. The summed E-state index contributed by atoms with van der Waals surface area (Å²) in [5.74, 6) is -0.360. The smallest absolute Gasteiger partial charge is 0.334 e. The Morgan fingerprint density at radius 2 is 2.20 bits per heavy atom. The van der Waals surface area contributed by atoms with E-state index >= 15 is 0 Å². The van der Waals surface area contributed by atoms with Gasteiger partial charge in [-0.05, 0) is 40.0 Å². The van der Waals surface area contributed by atoms with Gasteiger partial charge in [-0.25, -0.2) is 13.3 Å². The standard InChI is InChI=1S/C14H25NO4S/c1-14(2,3)20(18)15-10-11(13(17)19-4)7-8-12(15)6-5-9-16/h7,12,16H,5-6,8-10H2,1-4H3/t12-,20-/m1/s1. The molecule has 116 valence electrons. The summed E-state index contributed by atoms with van der Waals surface area (Å²) in [4.78, 5) is 11.6. The van der Waals surface area contributed by atoms with Gasteiger partial charge in [0.05, 0.1) is 11.9 Å². The first-order valence-electron chi connectivity index (χ1n) is 6.88. The minimum Gasteiger partial charge on any atom is -0.466 e. The van der Waals surface area contributed by atoms with Crippen molar-refractivity contribution in [2.45, 2.75) is 50.8 Å². The molecule has 1 rings (SSSR count). The van der Waals surface area contributed by atoms with E-state index in [1.807, 2.05) is 31.2 Å². The van der Waals surface area contributed by atoms with Gasteiger partial charge in [0, 0.05) is 24.8 Å². The number of hydrogen-bond acceptors (Lipinski definition) is 4. The van der Waals surface area contributed by atoms with Crippen molar-refractivity contribution in [1.82, 2.24) is 4.31 Å². The first-order chi connectivity index (χ1) is 9.31. The van der Waals surface area contributed by atoms with Crippen LogP contribution in [0.3, 0.4) is 0 Å². The number of carbonyl (C=O) groups excluding carboxylic acids is 1. The van der Waals surface area contributed by atoms with Crippen LogP contribution in [-0.2, 0) is 20.5 Å². The number of aliphatic hydroxyl groups excluding tert-OH is 1. The molecule has 1 aliphatic rings. The van der Waals surface area contributed by atoms with Crippen LogP contribution in [0.4, 0.5) is 0 Å². The van der Waals surface area contributed by atoms with Crippen molar-refractivity contribution in [3.8, 4) is 0 Å². The van der Waals surface area contributed by atoms with E-state index in [2.05, 4.69) is 0 Å². The van der Waals surface area contributed by atoms with Gasteiger partial charge in [0.15, 0.2) is 0 Å². The van der Waals surface area contributed by atoms with Gasteiger partial charge in [-0.2, -0.15) is 0 Å². The number of carbonyl (C=O) groups is 1. The molecule has 0 aromatic carbocycles. The third kappa shape index (κ3) is 4.40. The van der Waals surface area contributed by atoms with Crippen molar-refractivity contribution >= 4 is 17.0 Å². The summed E-state index contributed by atoms with van der Waals surface area (Å²) in [5.41, 5.74) is 0.561. The maximum absolute atomic E-state index is 12.6. The highest BCUT2D eigenvalue weighted by atomic mass is 32.2. The monoisotopic (exact) mass is 303 g/mol. The fraction of sp³-hybridized carbons (Fsp3) is 0.786. The molecule has 6 heteroatoms. The molecule has 1 N–H and O–H groups in total. The van der Waals surface area contributed by atoms with Gasteiger partial charge in [-0.3, -0.25) is 0 Å². The molecule has 0 aliphatic carbocycles. The largest absolute Gasteiger partial charge is 0.466 e. The molecule has 2 atom stereocenters. The fourth-order valence-electron chi connectivity index (χ4n) is 2.17. The van der Waals surface area contributed by atoms with Crippen LogP contribution in [0.25, 0.3) is 0 Å². The van der Waals surface area contributed by atoms with Gasteiger partial charge in [-0.1, -0.05) is 6.08 Å². The zero-order valence-corrected chi connectivity index (χ0v) is 13.5. The molecule has 0 fully saturated rings. The molecule has 0 amide bonds. The molecule has 1 aliphatic heterocycles.